The van der Waals surface area contributed by atoms with Crippen LogP contribution in [0.3, 0.4) is 0 Å². The van der Waals surface area contributed by atoms with Crippen molar-refractivity contribution in [2.45, 2.75) is 30.3 Å². The van der Waals surface area contributed by atoms with Gasteiger partial charge in [0.2, 0.25) is 5.91 Å². The summed E-state index contributed by atoms with van der Waals surface area (Å²) in [7, 11) is 0.371. The summed E-state index contributed by atoms with van der Waals surface area (Å²) in [6, 6.07) is 6.34. The number of hydrogen-bond donors (Lipinski definition) is 3. The third kappa shape index (κ3) is 5.83. The summed E-state index contributed by atoms with van der Waals surface area (Å²) in [4.78, 5) is 37.9. The second-order valence-corrected chi connectivity index (χ2v) is 11.2. The first-order valence-corrected chi connectivity index (χ1v) is 13.0. The molecule has 1 aromatic carbocycles. The van der Waals surface area contributed by atoms with Gasteiger partial charge in [-0.15, -0.1) is 21.9 Å². The second kappa shape index (κ2) is 10.2. The van der Waals surface area contributed by atoms with Crippen LogP contribution in [-0.2, 0) is 25.6 Å². The van der Waals surface area contributed by atoms with Crippen LogP contribution in [0.25, 0.3) is 0 Å². The van der Waals surface area contributed by atoms with Crippen LogP contribution < -0.4 is 5.32 Å². The Morgan fingerprint density at radius 1 is 1.32 bits per heavy atom. The fourth-order valence-corrected chi connectivity index (χ4v) is 5.25. The quantitative estimate of drug-likeness (QED) is 0.351. The average molecular weight is 507 g/mol. The number of benzene rings is 1. The normalized spacial score (nSPS) is 18.3. The largest absolute Gasteiger partial charge is 0.389 e. The Hall–Kier alpha value is -2.77. The predicted octanol–water partition coefficient (Wildman–Crippen LogP) is 3.32. The van der Waals surface area contributed by atoms with E-state index in [1.807, 2.05) is 0 Å². The Morgan fingerprint density at radius 2 is 2.06 bits per heavy atom. The molecule has 1 aliphatic heterocycles. The third-order valence-corrected chi connectivity index (χ3v) is 8.09. The lowest BCUT2D eigenvalue weighted by molar-refractivity contribution is -0.127. The lowest BCUT2D eigenvalue weighted by atomic mass is 10.1. The van der Waals surface area contributed by atoms with E-state index in [4.69, 9.17) is 9.57 Å². The highest BCUT2D eigenvalue weighted by Crippen LogP contribution is 2.61. The minimum absolute atomic E-state index is 0.0154. The SMILES string of the molecule is CN(C)C(=O)Cc1cnc(NC(=O)C(=NO[C@@H]2CCOC2)c2ccc(S(O)(O)C3=CC3)cc2)s1. The molecular formula is C22H26N4O6S2. The number of carbonyl (C=O) groups is 2. The fraction of sp³-hybridized carbons (Fsp3) is 0.364. The molecule has 1 aromatic heterocycles. The molecule has 182 valence electrons. The number of oxime groups is 1. The van der Waals surface area contributed by atoms with Crippen molar-refractivity contribution in [3.8, 4) is 0 Å². The molecule has 2 amide bonds. The molecule has 2 aromatic rings. The van der Waals surface area contributed by atoms with Crippen molar-refractivity contribution < 1.29 is 28.3 Å². The van der Waals surface area contributed by atoms with Gasteiger partial charge < -0.3 is 14.5 Å². The molecule has 0 unspecified atom stereocenters. The van der Waals surface area contributed by atoms with Gasteiger partial charge in [0, 0.05) is 48.5 Å². The third-order valence-electron chi connectivity index (χ3n) is 5.19. The highest BCUT2D eigenvalue weighted by Gasteiger charge is 2.28. The van der Waals surface area contributed by atoms with Gasteiger partial charge in [-0.05, 0) is 12.1 Å². The Bertz CT molecular complexity index is 1120. The second-order valence-electron chi connectivity index (χ2n) is 8.03. The Balaban J connectivity index is 1.52. The minimum atomic E-state index is -2.98. The zero-order valence-electron chi connectivity index (χ0n) is 18.8. The van der Waals surface area contributed by atoms with Gasteiger partial charge in [0.25, 0.3) is 5.91 Å². The van der Waals surface area contributed by atoms with Crippen LogP contribution in [0.4, 0.5) is 5.13 Å². The molecule has 0 spiro atoms. The molecule has 0 bridgehead atoms. The maximum absolute atomic E-state index is 13.1. The number of ether oxygens (including phenoxy) is 1. The molecule has 2 heterocycles. The molecule has 12 heteroatoms. The number of aromatic nitrogens is 1. The lowest BCUT2D eigenvalue weighted by Crippen LogP contribution is -2.25. The molecule has 2 aliphatic rings. The molecule has 34 heavy (non-hydrogen) atoms. The van der Waals surface area contributed by atoms with Crippen LogP contribution in [0.15, 0.2) is 51.5 Å². The van der Waals surface area contributed by atoms with Crippen LogP contribution in [0.2, 0.25) is 0 Å². The van der Waals surface area contributed by atoms with Gasteiger partial charge in [-0.3, -0.25) is 24.0 Å². The van der Waals surface area contributed by atoms with E-state index in [1.54, 1.807) is 50.6 Å². The van der Waals surface area contributed by atoms with E-state index in [0.717, 1.165) is 4.88 Å². The predicted molar refractivity (Wildman–Crippen MR) is 130 cm³/mol. The maximum atomic E-state index is 13.1. The smallest absolute Gasteiger partial charge is 0.280 e. The average Bonchev–Trinajstić information content (AvgIpc) is 3.39. The van der Waals surface area contributed by atoms with Crippen molar-refractivity contribution in [3.63, 3.8) is 0 Å². The number of allylic oxidation sites excluding steroid dienone is 2. The Labute approximate surface area is 202 Å². The molecule has 0 saturated carbocycles. The number of hydrogen-bond acceptors (Lipinski definition) is 9. The maximum Gasteiger partial charge on any atom is 0.280 e. The molecule has 10 nitrogen and oxygen atoms in total. The monoisotopic (exact) mass is 506 g/mol. The highest BCUT2D eigenvalue weighted by molar-refractivity contribution is 8.27. The van der Waals surface area contributed by atoms with Crippen molar-refractivity contribution in [2.75, 3.05) is 32.6 Å². The number of rotatable bonds is 9. The van der Waals surface area contributed by atoms with E-state index in [2.05, 4.69) is 15.5 Å². The molecule has 1 atom stereocenters. The first kappa shape index (κ1) is 24.4. The summed E-state index contributed by atoms with van der Waals surface area (Å²) in [5, 5.41) is 7.14. The van der Waals surface area contributed by atoms with Crippen LogP contribution >= 0.6 is 21.9 Å². The highest BCUT2D eigenvalue weighted by atomic mass is 32.3. The van der Waals surface area contributed by atoms with Crippen molar-refractivity contribution in [1.29, 1.82) is 0 Å². The summed E-state index contributed by atoms with van der Waals surface area (Å²) in [6.45, 7) is 0.959. The number of thiazole rings is 1. The van der Waals surface area contributed by atoms with E-state index in [9.17, 15) is 18.7 Å². The van der Waals surface area contributed by atoms with E-state index in [1.165, 1.54) is 16.2 Å². The first-order chi connectivity index (χ1) is 16.2. The van der Waals surface area contributed by atoms with Gasteiger partial charge in [0.1, 0.15) is 0 Å². The van der Waals surface area contributed by atoms with Crippen molar-refractivity contribution in [2.24, 2.45) is 5.16 Å². The van der Waals surface area contributed by atoms with Crippen molar-refractivity contribution >= 4 is 44.6 Å². The molecule has 1 saturated heterocycles. The number of carbonyl (C=O) groups excluding carboxylic acids is 2. The molecular weight excluding hydrogens is 480 g/mol. The van der Waals surface area contributed by atoms with E-state index >= 15 is 0 Å². The van der Waals surface area contributed by atoms with Crippen LogP contribution in [0.5, 0.6) is 0 Å². The van der Waals surface area contributed by atoms with Gasteiger partial charge >= 0.3 is 0 Å². The fourth-order valence-electron chi connectivity index (χ4n) is 3.09. The Morgan fingerprint density at radius 3 is 2.68 bits per heavy atom. The first-order valence-electron chi connectivity index (χ1n) is 10.6. The van der Waals surface area contributed by atoms with Crippen LogP contribution in [0.1, 0.15) is 23.3 Å². The van der Waals surface area contributed by atoms with Crippen molar-refractivity contribution in [1.82, 2.24) is 9.88 Å². The minimum Gasteiger partial charge on any atom is -0.389 e. The molecule has 4 rings (SSSR count). The zero-order valence-corrected chi connectivity index (χ0v) is 20.4. The van der Waals surface area contributed by atoms with E-state index in [-0.39, 0.29) is 24.1 Å². The Kier molecular flexibility index (Phi) is 7.33. The van der Waals surface area contributed by atoms with Gasteiger partial charge in [-0.1, -0.05) is 23.4 Å². The summed E-state index contributed by atoms with van der Waals surface area (Å²) < 4.78 is 26.1. The number of likely N-dealkylation sites (N-methyl/N-ethyl adjacent to an activating group) is 1. The number of nitrogens with zero attached hydrogens (tertiary/aromatic N) is 3. The summed E-state index contributed by atoms with van der Waals surface area (Å²) in [5.74, 6) is -0.605. The zero-order chi connectivity index (χ0) is 24.3. The van der Waals surface area contributed by atoms with E-state index < -0.39 is 16.5 Å². The van der Waals surface area contributed by atoms with Gasteiger partial charge in [-0.2, -0.15) is 0 Å². The van der Waals surface area contributed by atoms with E-state index in [0.29, 0.717) is 46.6 Å². The molecule has 1 aliphatic carbocycles. The standard InChI is InChI=1S/C22H26N4O6S2/c1-26(2)19(27)11-16-12-23-22(33-16)24-21(28)20(25-32-15-9-10-31-13-15)14-3-5-17(6-4-14)34(29,30)18-7-8-18/h3-7,12,15,29-30H,8-11,13H2,1-2H3,(H,23,24,28)/t15-/m1/s1. The molecule has 0 radical (unpaired) electrons. The van der Waals surface area contributed by atoms with Crippen LogP contribution in [0, 0.1) is 0 Å². The number of nitrogens with one attached hydrogen (secondary N) is 1. The lowest BCUT2D eigenvalue weighted by Gasteiger charge is -2.30. The topological polar surface area (TPSA) is 134 Å². The van der Waals surface area contributed by atoms with Gasteiger partial charge in [-0.25, -0.2) is 4.98 Å². The summed E-state index contributed by atoms with van der Waals surface area (Å²) in [5.41, 5.74) is 0.460. The van der Waals surface area contributed by atoms with Crippen LogP contribution in [-0.4, -0.2) is 69.9 Å². The summed E-state index contributed by atoms with van der Waals surface area (Å²) in [6.07, 6.45) is 4.53. The number of anilines is 1. The molecule has 1 fully saturated rings. The van der Waals surface area contributed by atoms with Crippen molar-refractivity contribution in [3.05, 3.63) is 51.9 Å². The summed E-state index contributed by atoms with van der Waals surface area (Å²) >= 11 is 1.20. The number of amides is 2. The van der Waals surface area contributed by atoms with Gasteiger partial charge in [0.05, 0.1) is 24.5 Å². The van der Waals surface area contributed by atoms with Gasteiger partial charge in [0.15, 0.2) is 16.9 Å². The molecule has 3 N–H and O–H groups in total.